The number of unbranched alkanes of at least 4 members (excludes halogenated alkanes) is 1. The zero-order chi connectivity index (χ0) is 85.0. The molecule has 6 aromatic rings. The van der Waals surface area contributed by atoms with Crippen LogP contribution >= 0.6 is 11.6 Å². The number of nitrogens with two attached hydrogens (primary N) is 1. The lowest BCUT2D eigenvalue weighted by Crippen LogP contribution is -2.62. The molecular formula is C83H104ClN17O16. The smallest absolute Gasteiger partial charge is 0.322 e. The van der Waals surface area contributed by atoms with Crippen LogP contribution in [0, 0.1) is 5.92 Å². The number of hydrogen-bond donors (Lipinski definition) is 16. The van der Waals surface area contributed by atoms with Crippen LogP contribution in [0.1, 0.15) is 121 Å². The summed E-state index contributed by atoms with van der Waals surface area (Å²) >= 11 is 6.27. The van der Waals surface area contributed by atoms with Crippen molar-refractivity contribution in [1.29, 1.82) is 0 Å². The molecule has 0 bridgehead atoms. The minimum atomic E-state index is -1.91. The van der Waals surface area contributed by atoms with Gasteiger partial charge in [-0.3, -0.25) is 77.4 Å². The van der Waals surface area contributed by atoms with Gasteiger partial charge in [0.15, 0.2) is 0 Å². The SMILES string of the molecule is CC(=O)Nc1ccc(C[C@@H](NC(=O)[C@H](Cc2ccc(NC(=O)CC3NC(=O)NC3=O)cc2)NC(=O)[C@H](CO)NC(=O)[C@@H](Cc2cccnc2)NC(=O)[C@@H](Cc2ccc(Cl)cc2)NC(=O)[C@@H](Cc2ccc3ccccc3c2)NC(C)=O)C(=O)N[C@@H](CC(C)C)C(=O)N[C@@H](CCCCNC(C)C)C(=O)N2CCC[C@H]2C(=O)N[C@H](C)C(N)=O)cc1. The molecule has 0 aliphatic carbocycles. The van der Waals surface area contributed by atoms with Gasteiger partial charge in [-0.1, -0.05) is 124 Å². The van der Waals surface area contributed by atoms with Gasteiger partial charge in [0.1, 0.15) is 66.5 Å². The van der Waals surface area contributed by atoms with E-state index in [1.807, 2.05) is 56.3 Å². The van der Waals surface area contributed by atoms with Crippen molar-refractivity contribution in [3.63, 3.8) is 0 Å². The highest BCUT2D eigenvalue weighted by Gasteiger charge is 2.41. The summed E-state index contributed by atoms with van der Waals surface area (Å²) in [5.74, 6) is -11.2. The third-order valence-corrected chi connectivity index (χ3v) is 19.8. The van der Waals surface area contributed by atoms with Crippen LogP contribution in [0.2, 0.25) is 5.02 Å². The van der Waals surface area contributed by atoms with E-state index in [0.29, 0.717) is 64.3 Å². The second-order valence-electron chi connectivity index (χ2n) is 30.0. The van der Waals surface area contributed by atoms with Gasteiger partial charge in [-0.05, 0) is 139 Å². The van der Waals surface area contributed by atoms with E-state index in [4.69, 9.17) is 17.3 Å². The van der Waals surface area contributed by atoms with Crippen LogP contribution in [0.15, 0.2) is 140 Å². The van der Waals surface area contributed by atoms with Crippen molar-refractivity contribution in [3.8, 4) is 0 Å². The molecular weight excluding hydrogens is 1530 g/mol. The van der Waals surface area contributed by atoms with Gasteiger partial charge in [0, 0.05) is 87.3 Å². The molecule has 0 radical (unpaired) electrons. The number of halogens is 1. The lowest BCUT2D eigenvalue weighted by atomic mass is 9.99. The summed E-state index contributed by atoms with van der Waals surface area (Å²) in [6.45, 7) is 11.1. The van der Waals surface area contributed by atoms with Crippen LogP contribution in [-0.2, 0) is 99.2 Å². The number of aromatic nitrogens is 1. The molecule has 2 fully saturated rings. The number of aliphatic hydroxyl groups excluding tert-OH is 1. The number of benzene rings is 5. The number of rotatable bonds is 42. The Labute approximate surface area is 682 Å². The van der Waals surface area contributed by atoms with Crippen molar-refractivity contribution in [1.82, 2.24) is 73.7 Å². The van der Waals surface area contributed by atoms with Crippen LogP contribution in [0.5, 0.6) is 0 Å². The van der Waals surface area contributed by atoms with E-state index < -0.39 is 169 Å². The number of fused-ring (bicyclic) bond motifs is 1. The van der Waals surface area contributed by atoms with E-state index in [9.17, 15) is 62.6 Å². The molecule has 8 rings (SSSR count). The van der Waals surface area contributed by atoms with E-state index in [-0.39, 0.29) is 75.0 Å². The predicted molar refractivity (Wildman–Crippen MR) is 435 cm³/mol. The number of urea groups is 1. The van der Waals surface area contributed by atoms with Crippen molar-refractivity contribution in [2.75, 3.05) is 30.3 Å². The lowest BCUT2D eigenvalue weighted by Gasteiger charge is -2.31. The second kappa shape index (κ2) is 44.0. The molecule has 2 aliphatic heterocycles. The van der Waals surface area contributed by atoms with Crippen LogP contribution in [0.3, 0.4) is 0 Å². The highest BCUT2D eigenvalue weighted by Crippen LogP contribution is 2.24. The van der Waals surface area contributed by atoms with E-state index >= 15 is 14.4 Å². The van der Waals surface area contributed by atoms with Crippen molar-refractivity contribution >= 4 is 122 Å². The number of carbonyl (C=O) groups is 15. The predicted octanol–water partition coefficient (Wildman–Crippen LogP) is 1.98. The fourth-order valence-corrected chi connectivity index (χ4v) is 13.6. The first-order chi connectivity index (χ1) is 55.8. The first-order valence-corrected chi connectivity index (χ1v) is 39.3. The van der Waals surface area contributed by atoms with Crippen LogP contribution < -0.4 is 80.2 Å². The van der Waals surface area contributed by atoms with Crippen LogP contribution in [-0.4, -0.2) is 196 Å². The molecule has 17 N–H and O–H groups in total. The van der Waals surface area contributed by atoms with Crippen molar-refractivity contribution in [2.45, 2.75) is 198 Å². The van der Waals surface area contributed by atoms with E-state index in [1.165, 1.54) is 62.3 Å². The van der Waals surface area contributed by atoms with E-state index in [2.05, 4.69) is 79.4 Å². The summed E-state index contributed by atoms with van der Waals surface area (Å²) in [6, 6.07) is 18.9. The Bertz CT molecular complexity index is 4540. The highest BCUT2D eigenvalue weighted by atomic mass is 35.5. The topological polar surface area (TPSA) is 487 Å². The van der Waals surface area contributed by atoms with Gasteiger partial charge in [0.05, 0.1) is 13.0 Å². The maximum absolute atomic E-state index is 15.5. The monoisotopic (exact) mass is 1630 g/mol. The molecule has 3 heterocycles. The van der Waals surface area contributed by atoms with Gasteiger partial charge in [0.25, 0.3) is 5.91 Å². The van der Waals surface area contributed by atoms with Gasteiger partial charge < -0.3 is 84.9 Å². The maximum atomic E-state index is 15.5. The molecule has 16 amide bonds. The fraction of sp³-hybridized carbons (Fsp3) is 0.422. The highest BCUT2D eigenvalue weighted by molar-refractivity contribution is 6.30. The summed E-state index contributed by atoms with van der Waals surface area (Å²) in [5, 5.41) is 50.7. The lowest BCUT2D eigenvalue weighted by molar-refractivity contribution is -0.142. The molecule has 33 nitrogen and oxygen atoms in total. The summed E-state index contributed by atoms with van der Waals surface area (Å²) in [6.07, 6.45) is 3.11. The minimum absolute atomic E-state index is 0.00811. The Kier molecular flexibility index (Phi) is 34.0. The molecule has 34 heteroatoms. The van der Waals surface area contributed by atoms with Gasteiger partial charge in [-0.15, -0.1) is 0 Å². The third kappa shape index (κ3) is 28.6. The van der Waals surface area contributed by atoms with Gasteiger partial charge >= 0.3 is 6.03 Å². The first-order valence-electron chi connectivity index (χ1n) is 38.9. The molecule has 5 aromatic carbocycles. The summed E-state index contributed by atoms with van der Waals surface area (Å²) in [4.78, 5) is 213. The van der Waals surface area contributed by atoms with E-state index in [0.717, 1.165) is 10.8 Å². The molecule has 11 atom stereocenters. The number of anilines is 2. The van der Waals surface area contributed by atoms with Gasteiger partial charge in [0.2, 0.25) is 76.8 Å². The Morgan fingerprint density at radius 2 is 1.03 bits per heavy atom. The number of aliphatic hydroxyl groups is 1. The number of imide groups is 1. The number of amides is 16. The Hall–Kier alpha value is -12.2. The molecule has 117 heavy (non-hydrogen) atoms. The van der Waals surface area contributed by atoms with E-state index in [1.54, 1.807) is 74.5 Å². The molecule has 0 saturated carbocycles. The van der Waals surface area contributed by atoms with Gasteiger partial charge in [-0.2, -0.15) is 0 Å². The largest absolute Gasteiger partial charge is 0.394 e. The minimum Gasteiger partial charge on any atom is -0.394 e. The third-order valence-electron chi connectivity index (χ3n) is 19.5. The first kappa shape index (κ1) is 90.3. The molecule has 2 aliphatic rings. The van der Waals surface area contributed by atoms with Gasteiger partial charge in [-0.25, -0.2) is 4.79 Å². The average molecular weight is 1630 g/mol. The Morgan fingerprint density at radius 1 is 0.538 bits per heavy atom. The summed E-state index contributed by atoms with van der Waals surface area (Å²) < 4.78 is 0. The summed E-state index contributed by atoms with van der Waals surface area (Å²) in [5.41, 5.74) is 8.39. The number of hydrogen-bond acceptors (Lipinski definition) is 18. The van der Waals surface area contributed by atoms with Crippen molar-refractivity contribution in [2.24, 2.45) is 11.7 Å². The quantitative estimate of drug-likeness (QED) is 0.0192. The number of primary amides is 1. The van der Waals surface area contributed by atoms with Crippen LogP contribution in [0.25, 0.3) is 10.8 Å². The summed E-state index contributed by atoms with van der Waals surface area (Å²) in [7, 11) is 0. The molecule has 1 unspecified atom stereocenters. The van der Waals surface area contributed by atoms with Crippen molar-refractivity contribution in [3.05, 3.63) is 173 Å². The number of nitrogens with zero attached hydrogens (tertiary/aromatic N) is 2. The van der Waals surface area contributed by atoms with Crippen LogP contribution in [0.4, 0.5) is 16.2 Å². The number of carbonyl (C=O) groups excluding carboxylic acids is 15. The normalized spacial score (nSPS) is 16.0. The molecule has 624 valence electrons. The molecule has 2 saturated heterocycles. The number of pyridine rings is 1. The zero-order valence-corrected chi connectivity index (χ0v) is 67.1. The number of nitrogens with one attached hydrogen (secondary N) is 14. The number of likely N-dealkylation sites (tertiary alicyclic amines) is 1. The zero-order valence-electron chi connectivity index (χ0n) is 66.3. The maximum Gasteiger partial charge on any atom is 0.322 e. The average Bonchev–Trinajstić information content (AvgIpc) is 1.78. The second-order valence-corrected chi connectivity index (χ2v) is 30.4. The Balaban J connectivity index is 1.09. The fourth-order valence-electron chi connectivity index (χ4n) is 13.4. The standard InChI is InChI=1S/C83H104ClN17O16/c1-46(2)36-62(73(107)92-61(17-10-11-34-87-47(3)4)82(116)101-35-13-18-70(101)81(115)88-48(5)72(85)106)93-75(109)65(39-52-22-29-59(30-23-52)89-49(6)103)95-77(111)66(40-53-24-31-60(32-25-53)91-71(105)43-68-79(113)100-83(117)99-68)97-80(114)69(45-102)98-78(112)67(42-55-14-12-33-86-44-55)96-76(110)64(38-51-20-27-58(84)28-21-51)94-74(108)63(90-50(7)104)41-54-19-26-56-15-8-9-16-57(56)37-54/h8-9,12,14-16,19-33,37,44,46-48,61-70,87,102H,10-11,13,17-18,34-36,38-43,45H2,1-7H3,(H2,85,106)(H,88,115)(H,89,103)(H,90,104)(H,91,105)(H,92,107)(H,93,109)(H,94,108)(H,95,111)(H,96,110)(H,97,114)(H,98,112)(H2,99,100,113,117)/t48-,61+,62+,63-,64-,65-,66+,67-,68?,69+,70+/m1/s1. The molecule has 0 spiro atoms. The Morgan fingerprint density at radius 3 is 1.53 bits per heavy atom. The molecule has 1 aromatic heterocycles. The van der Waals surface area contributed by atoms with Crippen molar-refractivity contribution < 1.29 is 77.0 Å².